The lowest BCUT2D eigenvalue weighted by atomic mass is 10.2. The lowest BCUT2D eigenvalue weighted by molar-refractivity contribution is -0.131. The smallest absolute Gasteiger partial charge is 0.356 e. The number of hydrogen-bond donors (Lipinski definition) is 2. The molecule has 1 fully saturated rings. The van der Waals surface area contributed by atoms with Gasteiger partial charge in [-0.3, -0.25) is 4.79 Å². The first-order valence-corrected chi connectivity index (χ1v) is 8.93. The van der Waals surface area contributed by atoms with Crippen LogP contribution < -0.4 is 5.32 Å². The summed E-state index contributed by atoms with van der Waals surface area (Å²) < 4.78 is 7.41. The van der Waals surface area contributed by atoms with E-state index < -0.39 is 12.1 Å². The number of nitrogens with zero attached hydrogens (tertiary/aromatic N) is 2. The highest BCUT2D eigenvalue weighted by Crippen LogP contribution is 2.24. The molecule has 1 aromatic heterocycles. The minimum absolute atomic E-state index is 0.0536. The highest BCUT2D eigenvalue weighted by Gasteiger charge is 2.25. The van der Waals surface area contributed by atoms with Gasteiger partial charge in [-0.25, -0.2) is 9.48 Å². The number of para-hydroxylation sites is 2. The molecule has 1 aromatic carbocycles. The normalized spacial score (nSPS) is 15.7. The van der Waals surface area contributed by atoms with Crippen LogP contribution in [0.25, 0.3) is 5.69 Å². The summed E-state index contributed by atoms with van der Waals surface area (Å²) in [6.45, 7) is 1.93. The van der Waals surface area contributed by atoms with Crippen LogP contribution in [-0.4, -0.2) is 39.0 Å². The van der Waals surface area contributed by atoms with Gasteiger partial charge in [0.25, 0.3) is 5.91 Å². The van der Waals surface area contributed by atoms with Gasteiger partial charge in [-0.2, -0.15) is 5.10 Å². The summed E-state index contributed by atoms with van der Waals surface area (Å²) in [7, 11) is 0. The van der Waals surface area contributed by atoms with Crippen LogP contribution in [0.1, 0.15) is 49.5 Å². The maximum atomic E-state index is 12.7. The van der Waals surface area contributed by atoms with Gasteiger partial charge in [-0.1, -0.05) is 31.9 Å². The van der Waals surface area contributed by atoms with Crippen LogP contribution in [0.3, 0.4) is 0 Å². The molecule has 1 aliphatic carbocycles. The van der Waals surface area contributed by atoms with Gasteiger partial charge in [0.2, 0.25) is 0 Å². The minimum Gasteiger partial charge on any atom is -0.476 e. The van der Waals surface area contributed by atoms with Crippen molar-refractivity contribution in [3.63, 3.8) is 0 Å². The number of benzene rings is 1. The average Bonchev–Trinajstić information content (AvgIpc) is 3.32. The standard InChI is InChI=1S/C19H23N3O4/c1-2-17(26-13-7-3-4-8-13)18(23)20-14-9-5-6-10-16(14)22-12-11-15(21-22)19(24)25/h5-6,9-13,17H,2-4,7-8H2,1H3,(H,20,23)(H,24,25). The average molecular weight is 357 g/mol. The summed E-state index contributed by atoms with van der Waals surface area (Å²) in [6.07, 6.45) is 6.12. The molecule has 2 aromatic rings. The maximum absolute atomic E-state index is 12.7. The molecule has 7 nitrogen and oxygen atoms in total. The van der Waals surface area contributed by atoms with Crippen LogP contribution in [0.15, 0.2) is 36.5 Å². The van der Waals surface area contributed by atoms with E-state index in [9.17, 15) is 9.59 Å². The molecule has 2 N–H and O–H groups in total. The Hall–Kier alpha value is -2.67. The molecule has 0 saturated heterocycles. The van der Waals surface area contributed by atoms with Gasteiger partial charge in [-0.05, 0) is 37.5 Å². The number of ether oxygens (including phenoxy) is 1. The Morgan fingerprint density at radius 1 is 1.31 bits per heavy atom. The number of amides is 1. The molecule has 1 amide bonds. The molecular formula is C19H23N3O4. The van der Waals surface area contributed by atoms with Gasteiger partial charge in [0, 0.05) is 6.20 Å². The molecule has 1 atom stereocenters. The fourth-order valence-electron chi connectivity index (χ4n) is 3.16. The predicted octanol–water partition coefficient (Wildman–Crippen LogP) is 3.25. The molecule has 0 radical (unpaired) electrons. The number of hydrogen-bond acceptors (Lipinski definition) is 4. The highest BCUT2D eigenvalue weighted by molar-refractivity contribution is 5.96. The fraction of sp³-hybridized carbons (Fsp3) is 0.421. The zero-order valence-electron chi connectivity index (χ0n) is 14.7. The van der Waals surface area contributed by atoms with E-state index in [0.29, 0.717) is 17.8 Å². The van der Waals surface area contributed by atoms with Crippen LogP contribution in [0.4, 0.5) is 5.69 Å². The summed E-state index contributed by atoms with van der Waals surface area (Å²) in [5.74, 6) is -1.29. The first kappa shape index (κ1) is 18.1. The molecule has 138 valence electrons. The topological polar surface area (TPSA) is 93.5 Å². The van der Waals surface area contributed by atoms with Crippen LogP contribution in [0.5, 0.6) is 0 Å². The van der Waals surface area contributed by atoms with Crippen molar-refractivity contribution in [3.05, 3.63) is 42.2 Å². The number of nitrogens with one attached hydrogen (secondary N) is 1. The Morgan fingerprint density at radius 3 is 2.69 bits per heavy atom. The summed E-state index contributed by atoms with van der Waals surface area (Å²) >= 11 is 0. The predicted molar refractivity (Wildman–Crippen MR) is 96.6 cm³/mol. The summed E-state index contributed by atoms with van der Waals surface area (Å²) in [6, 6.07) is 8.56. The van der Waals surface area contributed by atoms with Crippen molar-refractivity contribution in [1.82, 2.24) is 9.78 Å². The van der Waals surface area contributed by atoms with E-state index in [2.05, 4.69) is 10.4 Å². The summed E-state index contributed by atoms with van der Waals surface area (Å²) in [5.41, 5.74) is 1.11. The molecule has 26 heavy (non-hydrogen) atoms. The van der Waals surface area contributed by atoms with Gasteiger partial charge in [0.15, 0.2) is 5.69 Å². The van der Waals surface area contributed by atoms with Crippen molar-refractivity contribution < 1.29 is 19.4 Å². The Labute approximate surface area is 152 Å². The second-order valence-electron chi connectivity index (χ2n) is 6.40. The van der Waals surface area contributed by atoms with E-state index >= 15 is 0 Å². The number of aromatic carboxylic acids is 1. The quantitative estimate of drug-likeness (QED) is 0.793. The SMILES string of the molecule is CCC(OC1CCCC1)C(=O)Nc1ccccc1-n1ccc(C(=O)O)n1. The summed E-state index contributed by atoms with van der Waals surface area (Å²) in [5, 5.41) is 16.0. The van der Waals surface area contributed by atoms with Gasteiger partial charge in [0.1, 0.15) is 6.10 Å². The van der Waals surface area contributed by atoms with E-state index in [4.69, 9.17) is 9.84 Å². The lowest BCUT2D eigenvalue weighted by Crippen LogP contribution is -2.33. The van der Waals surface area contributed by atoms with Crippen LogP contribution >= 0.6 is 0 Å². The number of carbonyl (C=O) groups excluding carboxylic acids is 1. The Kier molecular flexibility index (Phi) is 5.68. The van der Waals surface area contributed by atoms with E-state index in [1.54, 1.807) is 30.5 Å². The Balaban J connectivity index is 1.76. The number of aromatic nitrogens is 2. The first-order chi connectivity index (χ1) is 12.6. The van der Waals surface area contributed by atoms with Crippen LogP contribution in [0.2, 0.25) is 0 Å². The zero-order valence-corrected chi connectivity index (χ0v) is 14.7. The molecule has 1 unspecified atom stereocenters. The molecule has 0 aliphatic heterocycles. The molecule has 1 aliphatic rings. The van der Waals surface area contributed by atoms with E-state index in [1.807, 2.05) is 6.92 Å². The molecule has 1 saturated carbocycles. The van der Waals surface area contributed by atoms with Crippen molar-refractivity contribution >= 4 is 17.6 Å². The zero-order chi connectivity index (χ0) is 18.5. The minimum atomic E-state index is -1.10. The third-order valence-electron chi connectivity index (χ3n) is 4.54. The van der Waals surface area contributed by atoms with Gasteiger partial charge < -0.3 is 15.2 Å². The van der Waals surface area contributed by atoms with Crippen LogP contribution in [-0.2, 0) is 9.53 Å². The molecule has 3 rings (SSSR count). The third kappa shape index (κ3) is 4.11. The molecule has 1 heterocycles. The maximum Gasteiger partial charge on any atom is 0.356 e. The monoisotopic (exact) mass is 357 g/mol. The molecular weight excluding hydrogens is 334 g/mol. The first-order valence-electron chi connectivity index (χ1n) is 8.93. The Bertz CT molecular complexity index is 781. The second kappa shape index (κ2) is 8.14. The van der Waals surface area contributed by atoms with Crippen molar-refractivity contribution in [2.75, 3.05) is 5.32 Å². The number of carbonyl (C=O) groups is 2. The number of anilines is 1. The van der Waals surface area contributed by atoms with Gasteiger partial charge >= 0.3 is 5.97 Å². The largest absolute Gasteiger partial charge is 0.476 e. The number of carboxylic acids is 1. The van der Waals surface area contributed by atoms with E-state index in [0.717, 1.165) is 25.7 Å². The summed E-state index contributed by atoms with van der Waals surface area (Å²) in [4.78, 5) is 23.7. The van der Waals surface area contributed by atoms with Crippen molar-refractivity contribution in [2.45, 2.75) is 51.2 Å². The van der Waals surface area contributed by atoms with E-state index in [-0.39, 0.29) is 17.7 Å². The van der Waals surface area contributed by atoms with Crippen molar-refractivity contribution in [1.29, 1.82) is 0 Å². The van der Waals surface area contributed by atoms with Crippen molar-refractivity contribution in [2.24, 2.45) is 0 Å². The Morgan fingerprint density at radius 2 is 2.04 bits per heavy atom. The molecule has 0 bridgehead atoms. The highest BCUT2D eigenvalue weighted by atomic mass is 16.5. The van der Waals surface area contributed by atoms with Crippen LogP contribution in [0, 0.1) is 0 Å². The van der Waals surface area contributed by atoms with Gasteiger partial charge in [-0.15, -0.1) is 0 Å². The second-order valence-corrected chi connectivity index (χ2v) is 6.40. The number of carboxylic acid groups (broad SMARTS) is 1. The van der Waals surface area contributed by atoms with Gasteiger partial charge in [0.05, 0.1) is 17.5 Å². The molecule has 0 spiro atoms. The molecule has 7 heteroatoms. The van der Waals surface area contributed by atoms with E-state index in [1.165, 1.54) is 10.7 Å². The fourth-order valence-corrected chi connectivity index (χ4v) is 3.16. The number of rotatable bonds is 7. The lowest BCUT2D eigenvalue weighted by Gasteiger charge is -2.21. The van der Waals surface area contributed by atoms with Crippen molar-refractivity contribution in [3.8, 4) is 5.69 Å². The third-order valence-corrected chi connectivity index (χ3v) is 4.54.